The van der Waals surface area contributed by atoms with E-state index in [1.807, 2.05) is 6.92 Å². The molecular weight excluding hydrogens is 203 g/mol. The number of hydrogen-bond acceptors (Lipinski definition) is 1. The van der Waals surface area contributed by atoms with Crippen molar-refractivity contribution < 1.29 is 4.42 Å². The van der Waals surface area contributed by atoms with Gasteiger partial charge in [0.05, 0.1) is 0 Å². The summed E-state index contributed by atoms with van der Waals surface area (Å²) in [6.07, 6.45) is 0. The van der Waals surface area contributed by atoms with Crippen molar-refractivity contribution in [2.45, 2.75) is 58.8 Å². The number of aryl methyl sites for hydroxylation is 1. The van der Waals surface area contributed by atoms with E-state index in [4.69, 9.17) is 4.42 Å². The van der Waals surface area contributed by atoms with Gasteiger partial charge in [-0.25, -0.2) is 0 Å². The van der Waals surface area contributed by atoms with Crippen molar-refractivity contribution in [3.05, 3.63) is 17.9 Å². The molecule has 0 bridgehead atoms. The number of hydrogen-bond donors (Lipinski definition) is 0. The molecule has 0 amide bonds. The van der Waals surface area contributed by atoms with Gasteiger partial charge in [0.15, 0.2) is 0 Å². The van der Waals surface area contributed by atoms with Crippen molar-refractivity contribution in [2.24, 2.45) is 0 Å². The molecule has 0 aliphatic carbocycles. The average Bonchev–Trinajstić information content (AvgIpc) is 2.28. The van der Waals surface area contributed by atoms with Crippen LogP contribution in [0.25, 0.3) is 0 Å². The fourth-order valence-corrected chi connectivity index (χ4v) is 6.00. The summed E-state index contributed by atoms with van der Waals surface area (Å²) in [5.41, 5.74) is 1.18. The summed E-state index contributed by atoms with van der Waals surface area (Å²) in [6.45, 7) is 15.9. The van der Waals surface area contributed by atoms with Crippen LogP contribution in [0.1, 0.15) is 47.3 Å². The number of furan rings is 1. The molecular formula is C13H23OP. The lowest BCUT2D eigenvalue weighted by molar-refractivity contribution is 0.559. The van der Waals surface area contributed by atoms with Crippen LogP contribution in [0.5, 0.6) is 0 Å². The third-order valence-electron chi connectivity index (χ3n) is 2.29. The second-order valence-corrected chi connectivity index (χ2v) is 9.86. The molecule has 1 aromatic heterocycles. The smallest absolute Gasteiger partial charge is 0.126 e. The first-order chi connectivity index (χ1) is 6.62. The second-order valence-electron chi connectivity index (χ2n) is 6.06. The summed E-state index contributed by atoms with van der Waals surface area (Å²) >= 11 is 0. The topological polar surface area (TPSA) is 13.1 Å². The molecule has 15 heavy (non-hydrogen) atoms. The van der Waals surface area contributed by atoms with Gasteiger partial charge in [-0.1, -0.05) is 41.5 Å². The molecule has 1 heterocycles. The summed E-state index contributed by atoms with van der Waals surface area (Å²) in [7, 11) is -0.284. The Hall–Kier alpha value is -0.290. The predicted octanol–water partition coefficient (Wildman–Crippen LogP) is 4.29. The third kappa shape index (κ3) is 3.08. The van der Waals surface area contributed by atoms with Crippen molar-refractivity contribution in [3.63, 3.8) is 0 Å². The van der Waals surface area contributed by atoms with Crippen LogP contribution in [-0.2, 0) is 0 Å². The lowest BCUT2D eigenvalue weighted by atomic mass is 10.2. The van der Waals surface area contributed by atoms with E-state index in [-0.39, 0.29) is 18.2 Å². The van der Waals surface area contributed by atoms with Crippen molar-refractivity contribution in [1.29, 1.82) is 0 Å². The quantitative estimate of drug-likeness (QED) is 0.651. The lowest BCUT2D eigenvalue weighted by Gasteiger charge is -2.39. The second kappa shape index (κ2) is 3.94. The minimum absolute atomic E-state index is 0.284. The third-order valence-corrected chi connectivity index (χ3v) is 5.65. The van der Waals surface area contributed by atoms with Gasteiger partial charge < -0.3 is 4.42 Å². The van der Waals surface area contributed by atoms with Crippen molar-refractivity contribution in [1.82, 2.24) is 0 Å². The molecule has 0 saturated carbocycles. The first-order valence-corrected chi connectivity index (χ1v) is 6.83. The molecule has 1 aromatic rings. The minimum Gasteiger partial charge on any atom is -0.462 e. The maximum absolute atomic E-state index is 5.83. The van der Waals surface area contributed by atoms with Gasteiger partial charge in [-0.3, -0.25) is 0 Å². The molecule has 0 unspecified atom stereocenters. The molecule has 0 atom stereocenters. The van der Waals surface area contributed by atoms with Crippen LogP contribution in [0.3, 0.4) is 0 Å². The zero-order valence-corrected chi connectivity index (χ0v) is 11.9. The Labute approximate surface area is 95.0 Å². The monoisotopic (exact) mass is 226 g/mol. The average molecular weight is 226 g/mol. The molecule has 1 rings (SSSR count). The van der Waals surface area contributed by atoms with Gasteiger partial charge in [0.2, 0.25) is 0 Å². The maximum atomic E-state index is 5.83. The van der Waals surface area contributed by atoms with Crippen LogP contribution in [0.4, 0.5) is 0 Å². The van der Waals surface area contributed by atoms with Gasteiger partial charge >= 0.3 is 0 Å². The van der Waals surface area contributed by atoms with Crippen LogP contribution in [0, 0.1) is 6.92 Å². The summed E-state index contributed by atoms with van der Waals surface area (Å²) < 4.78 is 5.83. The Balaban J connectivity index is 3.14. The molecule has 2 heteroatoms. The van der Waals surface area contributed by atoms with Gasteiger partial charge in [-0.2, -0.15) is 0 Å². The largest absolute Gasteiger partial charge is 0.462 e. The Bertz CT molecular complexity index is 311. The van der Waals surface area contributed by atoms with Gasteiger partial charge in [0.1, 0.15) is 11.3 Å². The predicted molar refractivity (Wildman–Crippen MR) is 69.5 cm³/mol. The molecule has 0 spiro atoms. The van der Waals surface area contributed by atoms with Crippen molar-refractivity contribution in [3.8, 4) is 0 Å². The van der Waals surface area contributed by atoms with E-state index in [1.54, 1.807) is 0 Å². The SMILES string of the molecule is Cc1ccc(P(C(C)(C)C)C(C)(C)C)o1. The molecule has 0 aliphatic rings. The minimum atomic E-state index is -0.284. The van der Waals surface area contributed by atoms with Crippen LogP contribution >= 0.6 is 7.92 Å². The van der Waals surface area contributed by atoms with Crippen LogP contribution in [0.15, 0.2) is 16.5 Å². The maximum Gasteiger partial charge on any atom is 0.126 e. The van der Waals surface area contributed by atoms with Crippen molar-refractivity contribution >= 4 is 13.4 Å². The van der Waals surface area contributed by atoms with E-state index in [9.17, 15) is 0 Å². The van der Waals surface area contributed by atoms with Gasteiger partial charge in [0.25, 0.3) is 0 Å². The summed E-state index contributed by atoms with van der Waals surface area (Å²) in [4.78, 5) is 0. The van der Waals surface area contributed by atoms with E-state index < -0.39 is 0 Å². The standard InChI is InChI=1S/C13H23OP/c1-10-8-9-11(14-10)15(12(2,3)4)13(5,6)7/h8-9H,1-7H3. The Kier molecular flexibility index (Phi) is 3.36. The van der Waals surface area contributed by atoms with E-state index in [1.165, 1.54) is 5.50 Å². The molecule has 0 fully saturated rings. The van der Waals surface area contributed by atoms with E-state index in [0.717, 1.165) is 5.76 Å². The Morgan fingerprint density at radius 3 is 1.67 bits per heavy atom. The Morgan fingerprint density at radius 2 is 1.40 bits per heavy atom. The zero-order valence-electron chi connectivity index (χ0n) is 11.0. The first kappa shape index (κ1) is 12.8. The summed E-state index contributed by atoms with van der Waals surface area (Å²) in [6, 6.07) is 4.22. The number of rotatable bonds is 1. The molecule has 0 N–H and O–H groups in total. The highest BCUT2D eigenvalue weighted by molar-refractivity contribution is 7.68. The van der Waals surface area contributed by atoms with Gasteiger partial charge in [-0.05, 0) is 37.3 Å². The first-order valence-electron chi connectivity index (χ1n) is 5.49. The highest BCUT2D eigenvalue weighted by Gasteiger charge is 2.37. The summed E-state index contributed by atoms with van der Waals surface area (Å²) in [5.74, 6) is 1.02. The van der Waals surface area contributed by atoms with Crippen molar-refractivity contribution in [2.75, 3.05) is 0 Å². The van der Waals surface area contributed by atoms with E-state index >= 15 is 0 Å². The highest BCUT2D eigenvalue weighted by atomic mass is 31.1. The zero-order chi connectivity index (χ0) is 11.9. The highest BCUT2D eigenvalue weighted by Crippen LogP contribution is 2.58. The van der Waals surface area contributed by atoms with E-state index in [0.29, 0.717) is 0 Å². The Morgan fingerprint density at radius 1 is 0.933 bits per heavy atom. The molecule has 0 radical (unpaired) electrons. The fourth-order valence-electron chi connectivity index (χ4n) is 2.21. The van der Waals surface area contributed by atoms with Crippen LogP contribution in [-0.4, -0.2) is 10.3 Å². The lowest BCUT2D eigenvalue weighted by Crippen LogP contribution is -2.30. The summed E-state index contributed by atoms with van der Waals surface area (Å²) in [5, 5.41) is 0.579. The molecule has 0 saturated heterocycles. The van der Waals surface area contributed by atoms with Crippen LogP contribution < -0.4 is 5.50 Å². The molecule has 86 valence electrons. The van der Waals surface area contributed by atoms with Crippen LogP contribution in [0.2, 0.25) is 0 Å². The molecule has 1 nitrogen and oxygen atoms in total. The molecule has 0 aromatic carbocycles. The van der Waals surface area contributed by atoms with E-state index in [2.05, 4.69) is 53.7 Å². The van der Waals surface area contributed by atoms with Gasteiger partial charge in [-0.15, -0.1) is 0 Å². The normalized spacial score (nSPS) is 13.6. The fraction of sp³-hybridized carbons (Fsp3) is 0.692. The molecule has 0 aliphatic heterocycles. The van der Waals surface area contributed by atoms with Gasteiger partial charge in [0, 0.05) is 0 Å².